The van der Waals surface area contributed by atoms with E-state index in [1.165, 1.54) is 22.5 Å². The average molecular weight is 345 g/mol. The van der Waals surface area contributed by atoms with E-state index in [9.17, 15) is 4.79 Å². The van der Waals surface area contributed by atoms with Gasteiger partial charge >= 0.3 is 0 Å². The number of aryl methyl sites for hydroxylation is 3. The summed E-state index contributed by atoms with van der Waals surface area (Å²) >= 11 is 7.51. The van der Waals surface area contributed by atoms with Crippen LogP contribution in [0.2, 0.25) is 5.02 Å². The number of nitrogens with one attached hydrogen (secondary N) is 1. The van der Waals surface area contributed by atoms with Gasteiger partial charge in [0.1, 0.15) is 0 Å². The van der Waals surface area contributed by atoms with Gasteiger partial charge in [-0.15, -0.1) is 0 Å². The second-order valence-electron chi connectivity index (χ2n) is 5.73. The van der Waals surface area contributed by atoms with Crippen molar-refractivity contribution in [3.63, 3.8) is 0 Å². The van der Waals surface area contributed by atoms with E-state index >= 15 is 0 Å². The van der Waals surface area contributed by atoms with E-state index in [1.807, 2.05) is 31.2 Å². The number of hydrogen-bond donors (Lipinski definition) is 1. The molecule has 0 aliphatic heterocycles. The lowest BCUT2D eigenvalue weighted by atomic mass is 10.0. The molecule has 118 valence electrons. The zero-order chi connectivity index (χ0) is 16.6. The van der Waals surface area contributed by atoms with E-state index in [2.05, 4.69) is 30.2 Å². The summed E-state index contributed by atoms with van der Waals surface area (Å²) in [5, 5.41) is 4.18. The molecule has 3 aromatic rings. The summed E-state index contributed by atoms with van der Waals surface area (Å²) in [7, 11) is 0. The molecule has 0 unspecified atom stereocenters. The zero-order valence-corrected chi connectivity index (χ0v) is 14.8. The summed E-state index contributed by atoms with van der Waals surface area (Å²) in [4.78, 5) is 16.7. The van der Waals surface area contributed by atoms with Gasteiger partial charge in [0.25, 0.3) is 0 Å². The van der Waals surface area contributed by atoms with Gasteiger partial charge in [0.15, 0.2) is 5.13 Å². The SMILES string of the molecule is Cc1ccc(CC(=O)Nc2nc3c(C)cc(Cl)cc3s2)cc1C. The lowest BCUT2D eigenvalue weighted by Crippen LogP contribution is -2.14. The number of halogens is 1. The number of aromatic nitrogens is 1. The molecule has 5 heteroatoms. The Hall–Kier alpha value is -1.91. The van der Waals surface area contributed by atoms with E-state index < -0.39 is 0 Å². The number of carbonyl (C=O) groups is 1. The second kappa shape index (κ2) is 6.30. The molecule has 0 aliphatic carbocycles. The van der Waals surface area contributed by atoms with Gasteiger partial charge in [0, 0.05) is 5.02 Å². The third-order valence-corrected chi connectivity index (χ3v) is 4.97. The summed E-state index contributed by atoms with van der Waals surface area (Å²) in [6, 6.07) is 9.84. The Morgan fingerprint density at radius 3 is 2.65 bits per heavy atom. The monoisotopic (exact) mass is 344 g/mol. The molecule has 0 atom stereocenters. The summed E-state index contributed by atoms with van der Waals surface area (Å²) in [5.74, 6) is -0.0592. The molecule has 3 rings (SSSR count). The van der Waals surface area contributed by atoms with Gasteiger partial charge in [-0.3, -0.25) is 4.79 Å². The van der Waals surface area contributed by atoms with Crippen LogP contribution >= 0.6 is 22.9 Å². The number of thiazole rings is 1. The van der Waals surface area contributed by atoms with Crippen molar-refractivity contribution < 1.29 is 4.79 Å². The van der Waals surface area contributed by atoms with Crippen molar-refractivity contribution in [2.45, 2.75) is 27.2 Å². The molecular weight excluding hydrogens is 328 g/mol. The van der Waals surface area contributed by atoms with E-state index in [4.69, 9.17) is 11.6 Å². The van der Waals surface area contributed by atoms with E-state index in [0.29, 0.717) is 16.6 Å². The Morgan fingerprint density at radius 2 is 1.91 bits per heavy atom. The number of carbonyl (C=O) groups excluding carboxylic acids is 1. The van der Waals surface area contributed by atoms with Crippen molar-refractivity contribution in [2.75, 3.05) is 5.32 Å². The standard InChI is InChI=1S/C18H17ClN2OS/c1-10-4-5-13(6-11(10)2)8-16(22)20-18-21-17-12(3)7-14(19)9-15(17)23-18/h4-7,9H,8H2,1-3H3,(H,20,21,22). The Bertz CT molecular complexity index is 901. The highest BCUT2D eigenvalue weighted by Crippen LogP contribution is 2.31. The smallest absolute Gasteiger partial charge is 0.230 e. The molecule has 0 aliphatic rings. The minimum absolute atomic E-state index is 0.0592. The summed E-state index contributed by atoms with van der Waals surface area (Å²) in [6.45, 7) is 6.08. The first-order chi connectivity index (χ1) is 10.9. The van der Waals surface area contributed by atoms with Crippen LogP contribution in [0, 0.1) is 20.8 Å². The molecule has 3 nitrogen and oxygen atoms in total. The molecule has 1 aromatic heterocycles. The quantitative estimate of drug-likeness (QED) is 0.721. The molecule has 1 N–H and O–H groups in total. The summed E-state index contributed by atoms with van der Waals surface area (Å²) < 4.78 is 0.983. The van der Waals surface area contributed by atoms with Crippen molar-refractivity contribution in [2.24, 2.45) is 0 Å². The lowest BCUT2D eigenvalue weighted by molar-refractivity contribution is -0.115. The van der Waals surface area contributed by atoms with Gasteiger partial charge in [0.2, 0.25) is 5.91 Å². The number of rotatable bonds is 3. The maximum atomic E-state index is 12.2. The Kier molecular flexibility index (Phi) is 4.37. The van der Waals surface area contributed by atoms with Crippen molar-refractivity contribution in [3.8, 4) is 0 Å². The fourth-order valence-corrected chi connectivity index (χ4v) is 3.81. The molecule has 0 spiro atoms. The number of anilines is 1. The Labute approximate surface area is 144 Å². The maximum absolute atomic E-state index is 12.2. The summed E-state index contributed by atoms with van der Waals surface area (Å²) in [6.07, 6.45) is 0.344. The van der Waals surface area contributed by atoms with Crippen molar-refractivity contribution in [3.05, 3.63) is 57.6 Å². The predicted molar refractivity (Wildman–Crippen MR) is 97.6 cm³/mol. The van der Waals surface area contributed by atoms with Crippen LogP contribution in [0.1, 0.15) is 22.3 Å². The van der Waals surface area contributed by atoms with Gasteiger partial charge in [-0.1, -0.05) is 41.1 Å². The number of fused-ring (bicyclic) bond motifs is 1. The van der Waals surface area contributed by atoms with Crippen LogP contribution in [0.4, 0.5) is 5.13 Å². The molecule has 1 amide bonds. The van der Waals surface area contributed by atoms with Gasteiger partial charge in [0.05, 0.1) is 16.6 Å². The first kappa shape index (κ1) is 16.0. The van der Waals surface area contributed by atoms with Crippen LogP contribution in [-0.4, -0.2) is 10.9 Å². The minimum Gasteiger partial charge on any atom is -0.302 e. The molecule has 0 saturated carbocycles. The Balaban J connectivity index is 1.77. The fraction of sp³-hybridized carbons (Fsp3) is 0.222. The van der Waals surface area contributed by atoms with Crippen LogP contribution in [0.3, 0.4) is 0 Å². The lowest BCUT2D eigenvalue weighted by Gasteiger charge is -2.05. The third kappa shape index (κ3) is 3.54. The van der Waals surface area contributed by atoms with Crippen molar-refractivity contribution in [1.82, 2.24) is 4.98 Å². The highest BCUT2D eigenvalue weighted by Gasteiger charge is 2.11. The summed E-state index contributed by atoms with van der Waals surface area (Å²) in [5.41, 5.74) is 5.33. The largest absolute Gasteiger partial charge is 0.302 e. The molecule has 23 heavy (non-hydrogen) atoms. The highest BCUT2D eigenvalue weighted by atomic mass is 35.5. The Morgan fingerprint density at radius 1 is 1.13 bits per heavy atom. The second-order valence-corrected chi connectivity index (χ2v) is 7.20. The first-order valence-electron chi connectivity index (χ1n) is 7.35. The molecule has 0 saturated heterocycles. The van der Waals surface area contributed by atoms with Crippen LogP contribution in [0.15, 0.2) is 30.3 Å². The molecule has 0 radical (unpaired) electrons. The number of hydrogen-bond acceptors (Lipinski definition) is 3. The molecule has 0 bridgehead atoms. The predicted octanol–water partition coefficient (Wildman–Crippen LogP) is 5.06. The normalized spacial score (nSPS) is 11.0. The average Bonchev–Trinajstić information content (AvgIpc) is 2.85. The van der Waals surface area contributed by atoms with Gasteiger partial charge in [-0.05, 0) is 55.2 Å². The van der Waals surface area contributed by atoms with Gasteiger partial charge < -0.3 is 5.32 Å². The highest BCUT2D eigenvalue weighted by molar-refractivity contribution is 7.22. The maximum Gasteiger partial charge on any atom is 0.230 e. The van der Waals surface area contributed by atoms with Crippen LogP contribution < -0.4 is 5.32 Å². The van der Waals surface area contributed by atoms with E-state index in [1.54, 1.807) is 0 Å². The topological polar surface area (TPSA) is 42.0 Å². The molecular formula is C18H17ClN2OS. The number of amides is 1. The number of benzene rings is 2. The van der Waals surface area contributed by atoms with Crippen LogP contribution in [-0.2, 0) is 11.2 Å². The molecule has 1 heterocycles. The van der Waals surface area contributed by atoms with Crippen molar-refractivity contribution in [1.29, 1.82) is 0 Å². The molecule has 0 fully saturated rings. The third-order valence-electron chi connectivity index (χ3n) is 3.83. The minimum atomic E-state index is -0.0592. The van der Waals surface area contributed by atoms with Gasteiger partial charge in [-0.25, -0.2) is 4.98 Å². The zero-order valence-electron chi connectivity index (χ0n) is 13.2. The van der Waals surface area contributed by atoms with Crippen LogP contribution in [0.25, 0.3) is 10.2 Å². The van der Waals surface area contributed by atoms with Gasteiger partial charge in [-0.2, -0.15) is 0 Å². The van der Waals surface area contributed by atoms with E-state index in [-0.39, 0.29) is 5.91 Å². The molecule has 2 aromatic carbocycles. The fourth-order valence-electron chi connectivity index (χ4n) is 2.47. The van der Waals surface area contributed by atoms with E-state index in [0.717, 1.165) is 21.3 Å². The van der Waals surface area contributed by atoms with Crippen LogP contribution in [0.5, 0.6) is 0 Å². The number of nitrogens with zero attached hydrogens (tertiary/aromatic N) is 1. The first-order valence-corrected chi connectivity index (χ1v) is 8.54. The van der Waals surface area contributed by atoms with Crippen molar-refractivity contribution >= 4 is 44.2 Å².